The van der Waals surface area contributed by atoms with Crippen molar-refractivity contribution in [2.24, 2.45) is 5.92 Å². The maximum atomic E-state index is 12.1. The first-order valence-corrected chi connectivity index (χ1v) is 7.46. The molecule has 2 N–H and O–H groups in total. The van der Waals surface area contributed by atoms with E-state index in [-0.39, 0.29) is 6.03 Å². The van der Waals surface area contributed by atoms with Crippen molar-refractivity contribution in [1.29, 1.82) is 0 Å². The van der Waals surface area contributed by atoms with Crippen LogP contribution in [0.4, 0.5) is 4.79 Å². The molecule has 2 aliphatic rings. The van der Waals surface area contributed by atoms with Gasteiger partial charge in [0.15, 0.2) is 0 Å². The van der Waals surface area contributed by atoms with Gasteiger partial charge in [0.25, 0.3) is 0 Å². The third-order valence-electron chi connectivity index (χ3n) is 4.35. The minimum absolute atomic E-state index is 0.200. The number of rotatable bonds is 4. The minimum atomic E-state index is -0.879. The Labute approximate surface area is 114 Å². The van der Waals surface area contributed by atoms with Crippen LogP contribution in [0.15, 0.2) is 0 Å². The monoisotopic (exact) mass is 268 g/mol. The van der Waals surface area contributed by atoms with Crippen molar-refractivity contribution in [3.63, 3.8) is 0 Å². The zero-order valence-electron chi connectivity index (χ0n) is 11.4. The number of carbonyl (C=O) groups excluding carboxylic acids is 1. The van der Waals surface area contributed by atoms with E-state index in [2.05, 4.69) is 5.32 Å². The molecular weight excluding hydrogens is 244 g/mol. The van der Waals surface area contributed by atoms with Gasteiger partial charge in [-0.3, -0.25) is 0 Å². The highest BCUT2D eigenvalue weighted by Crippen LogP contribution is 2.28. The number of nitrogens with one attached hydrogen (secondary N) is 1. The summed E-state index contributed by atoms with van der Waals surface area (Å²) in [4.78, 5) is 24.9. The van der Waals surface area contributed by atoms with E-state index in [1.807, 2.05) is 0 Å². The first kappa shape index (κ1) is 14.2. The molecule has 0 aromatic rings. The molecule has 5 heteroatoms. The van der Waals surface area contributed by atoms with Crippen LogP contribution in [-0.4, -0.2) is 41.1 Å². The second-order valence-corrected chi connectivity index (χ2v) is 5.71. The molecule has 5 nitrogen and oxygen atoms in total. The number of carboxylic acids is 1. The number of urea groups is 1. The van der Waals surface area contributed by atoms with Crippen molar-refractivity contribution in [3.8, 4) is 0 Å². The van der Waals surface area contributed by atoms with E-state index < -0.39 is 12.0 Å². The molecule has 1 saturated carbocycles. The first-order valence-electron chi connectivity index (χ1n) is 7.46. The zero-order valence-corrected chi connectivity index (χ0v) is 11.4. The van der Waals surface area contributed by atoms with Gasteiger partial charge in [0.2, 0.25) is 0 Å². The molecule has 1 aliphatic heterocycles. The third-order valence-corrected chi connectivity index (χ3v) is 4.35. The fraction of sp³-hybridized carbons (Fsp3) is 0.857. The van der Waals surface area contributed by atoms with Gasteiger partial charge in [-0.2, -0.15) is 0 Å². The van der Waals surface area contributed by atoms with Gasteiger partial charge in [0.05, 0.1) is 0 Å². The molecule has 1 aliphatic carbocycles. The zero-order chi connectivity index (χ0) is 13.7. The Morgan fingerprint density at radius 3 is 2.53 bits per heavy atom. The van der Waals surface area contributed by atoms with Crippen molar-refractivity contribution in [1.82, 2.24) is 10.2 Å². The van der Waals surface area contributed by atoms with Crippen LogP contribution in [0.3, 0.4) is 0 Å². The largest absolute Gasteiger partial charge is 0.480 e. The summed E-state index contributed by atoms with van der Waals surface area (Å²) in [5, 5.41) is 12.1. The number of hydrogen-bond acceptors (Lipinski definition) is 2. The number of nitrogens with zero attached hydrogens (tertiary/aromatic N) is 1. The second-order valence-electron chi connectivity index (χ2n) is 5.71. The van der Waals surface area contributed by atoms with E-state index in [0.717, 1.165) is 31.6 Å². The fourth-order valence-electron chi connectivity index (χ4n) is 2.87. The van der Waals surface area contributed by atoms with Crippen LogP contribution >= 0.6 is 0 Å². The van der Waals surface area contributed by atoms with Crippen LogP contribution in [0.5, 0.6) is 0 Å². The molecule has 0 aromatic carbocycles. The highest BCUT2D eigenvalue weighted by molar-refractivity contribution is 5.82. The lowest BCUT2D eigenvalue weighted by Gasteiger charge is -2.29. The Morgan fingerprint density at radius 1 is 1.11 bits per heavy atom. The fourth-order valence-corrected chi connectivity index (χ4v) is 2.87. The maximum absolute atomic E-state index is 12.1. The van der Waals surface area contributed by atoms with Crippen molar-refractivity contribution in [3.05, 3.63) is 0 Å². The topological polar surface area (TPSA) is 69.6 Å². The predicted molar refractivity (Wildman–Crippen MR) is 72.0 cm³/mol. The van der Waals surface area contributed by atoms with E-state index >= 15 is 0 Å². The molecular formula is C14H24N2O3. The quantitative estimate of drug-likeness (QED) is 0.821. The van der Waals surface area contributed by atoms with Crippen molar-refractivity contribution in [2.75, 3.05) is 13.1 Å². The van der Waals surface area contributed by atoms with Crippen LogP contribution in [0.2, 0.25) is 0 Å². The van der Waals surface area contributed by atoms with E-state index in [1.165, 1.54) is 24.2 Å². The van der Waals surface area contributed by atoms with Crippen LogP contribution in [0.1, 0.15) is 51.4 Å². The molecule has 1 unspecified atom stereocenters. The Balaban J connectivity index is 1.81. The Bertz CT molecular complexity index is 329. The average Bonchev–Trinajstić information content (AvgIpc) is 2.57. The van der Waals surface area contributed by atoms with Gasteiger partial charge in [-0.15, -0.1) is 0 Å². The van der Waals surface area contributed by atoms with Gasteiger partial charge >= 0.3 is 12.0 Å². The van der Waals surface area contributed by atoms with E-state index in [4.69, 9.17) is 0 Å². The number of likely N-dealkylation sites (tertiary alicyclic amines) is 1. The minimum Gasteiger partial charge on any atom is -0.480 e. The summed E-state index contributed by atoms with van der Waals surface area (Å²) in [6, 6.07) is -0.847. The number of hydrogen-bond donors (Lipinski definition) is 2. The van der Waals surface area contributed by atoms with Crippen LogP contribution < -0.4 is 5.32 Å². The van der Waals surface area contributed by atoms with Crippen molar-refractivity contribution >= 4 is 12.0 Å². The lowest BCUT2D eigenvalue weighted by Crippen LogP contribution is -2.49. The third kappa shape index (κ3) is 3.85. The molecule has 0 bridgehead atoms. The highest BCUT2D eigenvalue weighted by atomic mass is 16.4. The van der Waals surface area contributed by atoms with Crippen molar-refractivity contribution in [2.45, 2.75) is 57.4 Å². The lowest BCUT2D eigenvalue weighted by atomic mass is 9.83. The number of carboxylic acid groups (broad SMARTS) is 1. The number of aliphatic carboxylic acids is 1. The summed E-state index contributed by atoms with van der Waals surface area (Å²) in [6.07, 6.45) is 8.27. The van der Waals surface area contributed by atoms with Gasteiger partial charge in [0, 0.05) is 13.1 Å². The van der Waals surface area contributed by atoms with Gasteiger partial charge in [-0.05, 0) is 25.2 Å². The molecule has 1 saturated heterocycles. The Kier molecular flexibility index (Phi) is 5.05. The molecule has 0 aromatic heterocycles. The molecule has 1 heterocycles. The van der Waals surface area contributed by atoms with Crippen LogP contribution in [0, 0.1) is 5.92 Å². The normalized spacial score (nSPS) is 24.4. The van der Waals surface area contributed by atoms with Gasteiger partial charge in [-0.1, -0.05) is 32.1 Å². The maximum Gasteiger partial charge on any atom is 0.326 e. The SMILES string of the molecule is O=C(O)C1CCCCCN1C(=O)NCCC1CCC1. The van der Waals surface area contributed by atoms with E-state index in [1.54, 1.807) is 0 Å². The predicted octanol–water partition coefficient (Wildman–Crippen LogP) is 2.22. The summed E-state index contributed by atoms with van der Waals surface area (Å²) < 4.78 is 0. The molecule has 2 rings (SSSR count). The lowest BCUT2D eigenvalue weighted by molar-refractivity contribution is -0.142. The highest BCUT2D eigenvalue weighted by Gasteiger charge is 2.30. The molecule has 19 heavy (non-hydrogen) atoms. The first-order chi connectivity index (χ1) is 9.18. The Morgan fingerprint density at radius 2 is 1.89 bits per heavy atom. The smallest absolute Gasteiger partial charge is 0.326 e. The van der Waals surface area contributed by atoms with E-state index in [0.29, 0.717) is 19.5 Å². The van der Waals surface area contributed by atoms with Gasteiger partial charge < -0.3 is 15.3 Å². The summed E-state index contributed by atoms with van der Waals surface area (Å²) in [6.45, 7) is 1.23. The summed E-state index contributed by atoms with van der Waals surface area (Å²) in [5.74, 6) is -0.115. The standard InChI is InChI=1S/C14H24N2O3/c17-13(18)12-7-2-1-3-10-16(12)14(19)15-9-8-11-5-4-6-11/h11-12H,1-10H2,(H,15,19)(H,17,18). The van der Waals surface area contributed by atoms with Crippen molar-refractivity contribution < 1.29 is 14.7 Å². The van der Waals surface area contributed by atoms with E-state index in [9.17, 15) is 14.7 Å². The summed E-state index contributed by atoms with van der Waals surface area (Å²) >= 11 is 0. The molecule has 0 radical (unpaired) electrons. The average molecular weight is 268 g/mol. The van der Waals surface area contributed by atoms with Gasteiger partial charge in [0.1, 0.15) is 6.04 Å². The molecule has 108 valence electrons. The van der Waals surface area contributed by atoms with Gasteiger partial charge in [-0.25, -0.2) is 9.59 Å². The number of carbonyl (C=O) groups is 2. The Hall–Kier alpha value is -1.26. The second kappa shape index (κ2) is 6.78. The molecule has 1 atom stereocenters. The molecule has 0 spiro atoms. The molecule has 2 fully saturated rings. The summed E-state index contributed by atoms with van der Waals surface area (Å²) in [7, 11) is 0. The summed E-state index contributed by atoms with van der Waals surface area (Å²) in [5.41, 5.74) is 0. The van der Waals surface area contributed by atoms with Crippen LogP contribution in [-0.2, 0) is 4.79 Å². The molecule has 2 amide bonds. The number of amides is 2. The van der Waals surface area contributed by atoms with Crippen LogP contribution in [0.25, 0.3) is 0 Å².